The molecular formula is C24H26N2O4. The maximum Gasteiger partial charge on any atom is 0.303 e. The van der Waals surface area contributed by atoms with E-state index in [0.717, 1.165) is 54.4 Å². The van der Waals surface area contributed by atoms with Crippen LogP contribution in [0.5, 0.6) is 5.88 Å². The summed E-state index contributed by atoms with van der Waals surface area (Å²) < 4.78 is 12.4. The molecule has 1 aromatic carbocycles. The summed E-state index contributed by atoms with van der Waals surface area (Å²) in [5, 5.41) is 9.62. The maximum atomic E-state index is 10.7. The van der Waals surface area contributed by atoms with E-state index in [4.69, 9.17) is 14.3 Å². The van der Waals surface area contributed by atoms with Gasteiger partial charge < -0.3 is 14.3 Å². The number of carboxylic acids is 1. The highest BCUT2D eigenvalue weighted by Crippen LogP contribution is 2.44. The number of unbranched alkanes of at least 4 members (excludes halogenated alkanes) is 1. The number of allylic oxidation sites excluding steroid dienone is 2. The van der Waals surface area contributed by atoms with E-state index in [1.54, 1.807) is 0 Å². The van der Waals surface area contributed by atoms with Gasteiger partial charge in [0.2, 0.25) is 11.6 Å². The standard InChI is InChI=1S/C24H26N2O4/c1-16(9-5-8-14-19(27)28)29-23-21-20(17-10-6-7-11-17)22(18-12-3-2-4-13-18)30-24(21)26-15-25-23/h2-4,10,12-13,15-16H,5-9,11,14H2,1H3,(H,27,28). The van der Waals surface area contributed by atoms with Gasteiger partial charge in [0.05, 0.1) is 6.10 Å². The second-order valence-corrected chi connectivity index (χ2v) is 7.72. The minimum atomic E-state index is -0.762. The minimum absolute atomic E-state index is 0.0858. The fourth-order valence-corrected chi connectivity index (χ4v) is 3.95. The number of carboxylic acid groups (broad SMARTS) is 1. The van der Waals surface area contributed by atoms with Crippen LogP contribution in [0, 0.1) is 0 Å². The maximum absolute atomic E-state index is 10.7. The number of aliphatic carboxylic acids is 1. The first-order chi connectivity index (χ1) is 14.6. The SMILES string of the molecule is CC(CCCCC(=O)O)Oc1ncnc2oc(-c3ccccc3)c(C3=CCCC3)c12. The van der Waals surface area contributed by atoms with Gasteiger partial charge in [0.15, 0.2) is 0 Å². The molecule has 6 nitrogen and oxygen atoms in total. The molecule has 1 aliphatic carbocycles. The van der Waals surface area contributed by atoms with E-state index < -0.39 is 5.97 Å². The van der Waals surface area contributed by atoms with E-state index in [1.807, 2.05) is 37.3 Å². The molecule has 0 bridgehead atoms. The number of benzene rings is 1. The van der Waals surface area contributed by atoms with Gasteiger partial charge in [-0.05, 0) is 51.0 Å². The number of carbonyl (C=O) groups is 1. The van der Waals surface area contributed by atoms with Crippen LogP contribution >= 0.6 is 0 Å². The van der Waals surface area contributed by atoms with Crippen molar-refractivity contribution in [2.75, 3.05) is 0 Å². The molecule has 30 heavy (non-hydrogen) atoms. The lowest BCUT2D eigenvalue weighted by Gasteiger charge is -2.14. The first-order valence-electron chi connectivity index (χ1n) is 10.5. The van der Waals surface area contributed by atoms with Crippen LogP contribution in [0.3, 0.4) is 0 Å². The normalized spacial score (nSPS) is 14.6. The Labute approximate surface area is 175 Å². The molecule has 0 spiro atoms. The lowest BCUT2D eigenvalue weighted by molar-refractivity contribution is -0.137. The topological polar surface area (TPSA) is 85.5 Å². The van der Waals surface area contributed by atoms with Crippen molar-refractivity contribution in [3.8, 4) is 17.2 Å². The molecule has 4 rings (SSSR count). The van der Waals surface area contributed by atoms with Gasteiger partial charge in [0.1, 0.15) is 17.5 Å². The number of rotatable bonds is 9. The Hall–Kier alpha value is -3.15. The van der Waals surface area contributed by atoms with Crippen molar-refractivity contribution in [2.24, 2.45) is 0 Å². The molecule has 0 amide bonds. The van der Waals surface area contributed by atoms with E-state index in [9.17, 15) is 4.79 Å². The quantitative estimate of drug-likeness (QED) is 0.447. The highest BCUT2D eigenvalue weighted by Gasteiger charge is 2.25. The summed E-state index contributed by atoms with van der Waals surface area (Å²) >= 11 is 0. The highest BCUT2D eigenvalue weighted by molar-refractivity contribution is 5.99. The molecule has 6 heteroatoms. The van der Waals surface area contributed by atoms with Gasteiger partial charge in [-0.1, -0.05) is 36.4 Å². The van der Waals surface area contributed by atoms with E-state index in [1.165, 1.54) is 11.9 Å². The lowest BCUT2D eigenvalue weighted by Crippen LogP contribution is -2.13. The summed E-state index contributed by atoms with van der Waals surface area (Å²) in [6.07, 6.45) is 9.21. The van der Waals surface area contributed by atoms with Crippen molar-refractivity contribution in [1.29, 1.82) is 0 Å². The second-order valence-electron chi connectivity index (χ2n) is 7.72. The van der Waals surface area contributed by atoms with Crippen LogP contribution in [0.15, 0.2) is 47.2 Å². The molecular weight excluding hydrogens is 380 g/mol. The van der Waals surface area contributed by atoms with Crippen LogP contribution in [0.25, 0.3) is 28.0 Å². The predicted octanol–water partition coefficient (Wildman–Crippen LogP) is 5.87. The first-order valence-corrected chi connectivity index (χ1v) is 10.5. The molecule has 1 atom stereocenters. The Morgan fingerprint density at radius 3 is 2.80 bits per heavy atom. The zero-order valence-corrected chi connectivity index (χ0v) is 17.1. The number of nitrogens with zero attached hydrogens (tertiary/aromatic N) is 2. The monoisotopic (exact) mass is 406 g/mol. The van der Waals surface area contributed by atoms with Gasteiger partial charge in [-0.25, -0.2) is 9.97 Å². The zero-order chi connectivity index (χ0) is 20.9. The van der Waals surface area contributed by atoms with Crippen LogP contribution in [-0.2, 0) is 4.79 Å². The Morgan fingerprint density at radius 1 is 1.23 bits per heavy atom. The zero-order valence-electron chi connectivity index (χ0n) is 17.1. The largest absolute Gasteiger partial charge is 0.481 e. The minimum Gasteiger partial charge on any atom is -0.481 e. The van der Waals surface area contributed by atoms with Gasteiger partial charge in [0.25, 0.3) is 0 Å². The molecule has 0 aliphatic heterocycles. The molecule has 0 saturated carbocycles. The Balaban J connectivity index is 1.67. The molecule has 156 valence electrons. The number of fused-ring (bicyclic) bond motifs is 1. The number of aromatic nitrogens is 2. The fraction of sp³-hybridized carbons (Fsp3) is 0.375. The first kappa shape index (κ1) is 20.1. The molecule has 1 aliphatic rings. The smallest absolute Gasteiger partial charge is 0.303 e. The van der Waals surface area contributed by atoms with Crippen LogP contribution in [-0.4, -0.2) is 27.1 Å². The molecule has 3 aromatic rings. The summed E-state index contributed by atoms with van der Waals surface area (Å²) in [5.74, 6) is 0.570. The molecule has 2 aromatic heterocycles. The fourth-order valence-electron chi connectivity index (χ4n) is 3.95. The predicted molar refractivity (Wildman–Crippen MR) is 115 cm³/mol. The number of furan rings is 1. The van der Waals surface area contributed by atoms with E-state index >= 15 is 0 Å². The Morgan fingerprint density at radius 2 is 2.07 bits per heavy atom. The van der Waals surface area contributed by atoms with Crippen LogP contribution in [0.2, 0.25) is 0 Å². The summed E-state index contributed by atoms with van der Waals surface area (Å²) in [5.41, 5.74) is 3.81. The van der Waals surface area contributed by atoms with Crippen LogP contribution in [0.4, 0.5) is 0 Å². The third-order valence-electron chi connectivity index (χ3n) is 5.42. The molecule has 0 fully saturated rings. The summed E-state index contributed by atoms with van der Waals surface area (Å²) in [6, 6.07) is 10.1. The van der Waals surface area contributed by atoms with Crippen LogP contribution < -0.4 is 4.74 Å². The summed E-state index contributed by atoms with van der Waals surface area (Å²) in [7, 11) is 0. The molecule has 0 saturated heterocycles. The number of hydrogen-bond donors (Lipinski definition) is 1. The molecule has 0 radical (unpaired) electrons. The van der Waals surface area contributed by atoms with Crippen molar-refractivity contribution >= 4 is 22.6 Å². The van der Waals surface area contributed by atoms with Gasteiger partial charge in [-0.2, -0.15) is 0 Å². The van der Waals surface area contributed by atoms with Crippen molar-refractivity contribution in [3.63, 3.8) is 0 Å². The van der Waals surface area contributed by atoms with E-state index in [2.05, 4.69) is 16.0 Å². The number of hydrogen-bond acceptors (Lipinski definition) is 5. The molecule has 1 unspecified atom stereocenters. The van der Waals surface area contributed by atoms with Crippen molar-refractivity contribution in [3.05, 3.63) is 48.3 Å². The Bertz CT molecular complexity index is 1060. The van der Waals surface area contributed by atoms with Gasteiger partial charge in [-0.15, -0.1) is 0 Å². The third-order valence-corrected chi connectivity index (χ3v) is 5.42. The van der Waals surface area contributed by atoms with Gasteiger partial charge in [-0.3, -0.25) is 4.79 Å². The second kappa shape index (κ2) is 9.11. The van der Waals surface area contributed by atoms with E-state index in [0.29, 0.717) is 18.0 Å². The number of ether oxygens (including phenoxy) is 1. The average Bonchev–Trinajstić information content (AvgIpc) is 3.39. The van der Waals surface area contributed by atoms with E-state index in [-0.39, 0.29) is 12.5 Å². The summed E-state index contributed by atoms with van der Waals surface area (Å²) in [6.45, 7) is 1.99. The van der Waals surface area contributed by atoms with Gasteiger partial charge in [0, 0.05) is 17.5 Å². The Kier molecular flexibility index (Phi) is 6.12. The van der Waals surface area contributed by atoms with Crippen LogP contribution in [0.1, 0.15) is 57.4 Å². The lowest BCUT2D eigenvalue weighted by atomic mass is 9.99. The third kappa shape index (κ3) is 4.37. The van der Waals surface area contributed by atoms with Crippen molar-refractivity contribution in [2.45, 2.75) is 58.0 Å². The van der Waals surface area contributed by atoms with Crippen molar-refractivity contribution in [1.82, 2.24) is 9.97 Å². The molecule has 1 N–H and O–H groups in total. The average molecular weight is 406 g/mol. The summed E-state index contributed by atoms with van der Waals surface area (Å²) in [4.78, 5) is 19.5. The van der Waals surface area contributed by atoms with Gasteiger partial charge >= 0.3 is 5.97 Å². The van der Waals surface area contributed by atoms with Crippen molar-refractivity contribution < 1.29 is 19.1 Å². The highest BCUT2D eigenvalue weighted by atomic mass is 16.5. The molecule has 2 heterocycles.